The first kappa shape index (κ1) is 13.8. The number of ketones is 1. The molecule has 0 saturated heterocycles. The quantitative estimate of drug-likeness (QED) is 0.778. The summed E-state index contributed by atoms with van der Waals surface area (Å²) in [6.45, 7) is 2.08. The number of Topliss-reactive ketones (excluding diaryl/α,β-unsaturated/α-hetero) is 1. The van der Waals surface area contributed by atoms with Gasteiger partial charge in [0.15, 0.2) is 5.78 Å². The van der Waals surface area contributed by atoms with E-state index in [1.54, 1.807) is 12.3 Å². The molecule has 1 heterocycles. The number of pyridine rings is 1. The van der Waals surface area contributed by atoms with Crippen molar-refractivity contribution in [1.82, 2.24) is 4.98 Å². The van der Waals surface area contributed by atoms with Crippen LogP contribution in [-0.4, -0.2) is 17.3 Å². The van der Waals surface area contributed by atoms with E-state index >= 15 is 0 Å². The molecule has 0 N–H and O–H groups in total. The van der Waals surface area contributed by atoms with Crippen molar-refractivity contribution in [3.8, 4) is 6.07 Å². The highest BCUT2D eigenvalue weighted by Crippen LogP contribution is 2.24. The Labute approximate surface area is 118 Å². The van der Waals surface area contributed by atoms with Crippen molar-refractivity contribution in [2.45, 2.75) is 13.3 Å². The molecule has 4 heteroatoms. The van der Waals surface area contributed by atoms with Gasteiger partial charge in [-0.25, -0.2) is 0 Å². The lowest BCUT2D eigenvalue weighted by molar-refractivity contribution is 0.101. The summed E-state index contributed by atoms with van der Waals surface area (Å²) in [5.41, 5.74) is 2.32. The monoisotopic (exact) mass is 265 g/mol. The summed E-state index contributed by atoms with van der Waals surface area (Å²) in [7, 11) is 0. The lowest BCUT2D eigenvalue weighted by Gasteiger charge is -2.23. The minimum absolute atomic E-state index is 0.0557. The number of hydrogen-bond acceptors (Lipinski definition) is 4. The van der Waals surface area contributed by atoms with Gasteiger partial charge in [-0.05, 0) is 24.3 Å². The molecular formula is C16H15N3O. The molecule has 0 aliphatic heterocycles. The van der Waals surface area contributed by atoms with Crippen LogP contribution in [0.25, 0.3) is 0 Å². The van der Waals surface area contributed by atoms with Crippen LogP contribution in [-0.2, 0) is 0 Å². The van der Waals surface area contributed by atoms with Crippen molar-refractivity contribution in [2.24, 2.45) is 0 Å². The van der Waals surface area contributed by atoms with Gasteiger partial charge in [0.25, 0.3) is 0 Å². The second-order valence-corrected chi connectivity index (χ2v) is 4.35. The molecule has 0 saturated carbocycles. The SMILES string of the molecule is CC(=O)c1ccc(N(CCC#N)c2ccccc2)cn1. The number of para-hydroxylation sites is 1. The predicted molar refractivity (Wildman–Crippen MR) is 77.9 cm³/mol. The molecule has 0 fully saturated rings. The molecule has 0 amide bonds. The van der Waals surface area contributed by atoms with E-state index in [0.29, 0.717) is 18.7 Å². The number of aromatic nitrogens is 1. The minimum Gasteiger partial charge on any atom is -0.339 e. The fraction of sp³-hybridized carbons (Fsp3) is 0.188. The zero-order valence-corrected chi connectivity index (χ0v) is 11.3. The van der Waals surface area contributed by atoms with Crippen LogP contribution in [0, 0.1) is 11.3 Å². The van der Waals surface area contributed by atoms with Gasteiger partial charge in [-0.2, -0.15) is 5.26 Å². The second-order valence-electron chi connectivity index (χ2n) is 4.35. The van der Waals surface area contributed by atoms with Gasteiger partial charge >= 0.3 is 0 Å². The van der Waals surface area contributed by atoms with Gasteiger partial charge in [0.1, 0.15) is 5.69 Å². The number of benzene rings is 1. The first-order valence-corrected chi connectivity index (χ1v) is 6.39. The van der Waals surface area contributed by atoms with Gasteiger partial charge in [-0.3, -0.25) is 9.78 Å². The van der Waals surface area contributed by atoms with Crippen molar-refractivity contribution >= 4 is 17.2 Å². The second kappa shape index (κ2) is 6.48. The fourth-order valence-corrected chi connectivity index (χ4v) is 1.93. The van der Waals surface area contributed by atoms with Crippen LogP contribution in [0.1, 0.15) is 23.8 Å². The molecule has 20 heavy (non-hydrogen) atoms. The third kappa shape index (κ3) is 3.21. The Bertz CT molecular complexity index is 614. The van der Waals surface area contributed by atoms with Crippen molar-refractivity contribution < 1.29 is 4.79 Å². The molecule has 0 atom stereocenters. The lowest BCUT2D eigenvalue weighted by atomic mass is 10.2. The molecule has 0 aliphatic carbocycles. The fourth-order valence-electron chi connectivity index (χ4n) is 1.93. The van der Waals surface area contributed by atoms with Gasteiger partial charge in [0.05, 0.1) is 24.4 Å². The standard InChI is InChI=1S/C16H15N3O/c1-13(20)16-9-8-15(12-18-16)19(11-5-10-17)14-6-3-2-4-7-14/h2-4,6-9,12H,5,11H2,1H3. The molecule has 0 radical (unpaired) electrons. The molecule has 0 aliphatic rings. The van der Waals surface area contributed by atoms with Crippen molar-refractivity contribution in [3.05, 3.63) is 54.4 Å². The van der Waals surface area contributed by atoms with E-state index in [1.807, 2.05) is 41.3 Å². The largest absolute Gasteiger partial charge is 0.339 e. The van der Waals surface area contributed by atoms with Gasteiger partial charge < -0.3 is 4.90 Å². The summed E-state index contributed by atoms with van der Waals surface area (Å²) >= 11 is 0. The average Bonchev–Trinajstić information content (AvgIpc) is 2.49. The van der Waals surface area contributed by atoms with Crippen molar-refractivity contribution in [3.63, 3.8) is 0 Å². The highest BCUT2D eigenvalue weighted by molar-refractivity contribution is 5.92. The third-order valence-electron chi connectivity index (χ3n) is 2.94. The summed E-state index contributed by atoms with van der Waals surface area (Å²) in [5.74, 6) is -0.0557. The van der Waals surface area contributed by atoms with Crippen LogP contribution in [0.3, 0.4) is 0 Å². The van der Waals surface area contributed by atoms with Gasteiger partial charge in [-0.1, -0.05) is 18.2 Å². The smallest absolute Gasteiger partial charge is 0.178 e. The normalized spacial score (nSPS) is 9.80. The predicted octanol–water partition coefficient (Wildman–Crippen LogP) is 3.34. The molecule has 0 unspecified atom stereocenters. The van der Waals surface area contributed by atoms with Crippen LogP contribution >= 0.6 is 0 Å². The number of anilines is 2. The molecule has 100 valence electrons. The van der Waals surface area contributed by atoms with E-state index in [2.05, 4.69) is 11.1 Å². The lowest BCUT2D eigenvalue weighted by Crippen LogP contribution is -2.18. The molecule has 0 spiro atoms. The summed E-state index contributed by atoms with van der Waals surface area (Å²) < 4.78 is 0. The molecule has 2 rings (SSSR count). The molecule has 1 aromatic carbocycles. The molecule has 1 aromatic heterocycles. The van der Waals surface area contributed by atoms with Crippen molar-refractivity contribution in [1.29, 1.82) is 5.26 Å². The van der Waals surface area contributed by atoms with E-state index in [1.165, 1.54) is 6.92 Å². The Hall–Kier alpha value is -2.67. The number of carbonyl (C=O) groups is 1. The molecule has 4 nitrogen and oxygen atoms in total. The maximum absolute atomic E-state index is 11.2. The van der Waals surface area contributed by atoms with E-state index in [9.17, 15) is 4.79 Å². The van der Waals surface area contributed by atoms with E-state index < -0.39 is 0 Å². The van der Waals surface area contributed by atoms with Crippen LogP contribution < -0.4 is 4.90 Å². The van der Waals surface area contributed by atoms with E-state index in [4.69, 9.17) is 5.26 Å². The maximum atomic E-state index is 11.2. The first-order valence-electron chi connectivity index (χ1n) is 6.39. The number of carbonyl (C=O) groups excluding carboxylic acids is 1. The summed E-state index contributed by atoms with van der Waals surface area (Å²) in [4.78, 5) is 17.4. The Morgan fingerprint density at radius 3 is 2.50 bits per heavy atom. The zero-order chi connectivity index (χ0) is 14.4. The van der Waals surface area contributed by atoms with Crippen molar-refractivity contribution in [2.75, 3.05) is 11.4 Å². The number of nitriles is 1. The van der Waals surface area contributed by atoms with E-state index in [-0.39, 0.29) is 5.78 Å². The first-order chi connectivity index (χ1) is 9.72. The number of nitrogens with zero attached hydrogens (tertiary/aromatic N) is 3. The van der Waals surface area contributed by atoms with Gasteiger partial charge in [0.2, 0.25) is 0 Å². The summed E-state index contributed by atoms with van der Waals surface area (Å²) in [6, 6.07) is 15.5. The molecule has 0 bridgehead atoms. The van der Waals surface area contributed by atoms with Crippen LogP contribution in [0.2, 0.25) is 0 Å². The maximum Gasteiger partial charge on any atom is 0.178 e. The molecule has 2 aromatic rings. The number of hydrogen-bond donors (Lipinski definition) is 0. The summed E-state index contributed by atoms with van der Waals surface area (Å²) in [5, 5.41) is 8.79. The Morgan fingerprint density at radius 1 is 1.20 bits per heavy atom. The van der Waals surface area contributed by atoms with Gasteiger partial charge in [-0.15, -0.1) is 0 Å². The van der Waals surface area contributed by atoms with Crippen LogP contribution in [0.4, 0.5) is 11.4 Å². The zero-order valence-electron chi connectivity index (χ0n) is 11.3. The highest BCUT2D eigenvalue weighted by atomic mass is 16.1. The minimum atomic E-state index is -0.0557. The third-order valence-corrected chi connectivity index (χ3v) is 2.94. The molecular weight excluding hydrogens is 250 g/mol. The van der Waals surface area contributed by atoms with Crippen LogP contribution in [0.5, 0.6) is 0 Å². The Kier molecular flexibility index (Phi) is 4.46. The van der Waals surface area contributed by atoms with Gasteiger partial charge in [0, 0.05) is 19.2 Å². The summed E-state index contributed by atoms with van der Waals surface area (Å²) in [6.07, 6.45) is 2.09. The highest BCUT2D eigenvalue weighted by Gasteiger charge is 2.10. The van der Waals surface area contributed by atoms with E-state index in [0.717, 1.165) is 11.4 Å². The van der Waals surface area contributed by atoms with Crippen LogP contribution in [0.15, 0.2) is 48.7 Å². The topological polar surface area (TPSA) is 57.0 Å². The number of rotatable bonds is 5. The Balaban J connectivity index is 2.31. The average molecular weight is 265 g/mol. The Morgan fingerprint density at radius 2 is 1.95 bits per heavy atom.